The Bertz CT molecular complexity index is 231. The first-order valence-electron chi connectivity index (χ1n) is 5.18. The lowest BCUT2D eigenvalue weighted by Crippen LogP contribution is -3.00. The number of nitrogens with two attached hydrogens (primary N) is 1. The van der Waals surface area contributed by atoms with Crippen molar-refractivity contribution in [1.82, 2.24) is 5.32 Å². The van der Waals surface area contributed by atoms with Gasteiger partial charge in [0.25, 0.3) is 0 Å². The first-order chi connectivity index (χ1) is 6.68. The fourth-order valence-corrected chi connectivity index (χ4v) is 1.17. The highest BCUT2D eigenvalue weighted by Crippen LogP contribution is 2.18. The third kappa shape index (κ3) is 4.25. The van der Waals surface area contributed by atoms with Crippen LogP contribution in [0.3, 0.4) is 0 Å². The van der Waals surface area contributed by atoms with E-state index < -0.39 is 6.04 Å². The van der Waals surface area contributed by atoms with E-state index in [0.29, 0.717) is 4.48 Å². The summed E-state index contributed by atoms with van der Waals surface area (Å²) in [5.41, 5.74) is 5.08. The number of aliphatic hydroxyl groups is 1. The average Bonchev–Trinajstić information content (AvgIpc) is 2.14. The van der Waals surface area contributed by atoms with Gasteiger partial charge in [-0.2, -0.15) is 0 Å². The molecule has 0 aromatic carbocycles. The summed E-state index contributed by atoms with van der Waals surface area (Å²) < 4.78 is 0.605. The zero-order chi connectivity index (χ0) is 12.3. The molecule has 0 bridgehead atoms. The maximum absolute atomic E-state index is 11.6. The SMILES string of the molecule is CCC(C)(NC(=O)[C@@H](N)CO)[N+](C)(C)C.[Cl-]. The van der Waals surface area contributed by atoms with Crippen LogP contribution in [-0.4, -0.2) is 55.0 Å². The van der Waals surface area contributed by atoms with Gasteiger partial charge in [-0.3, -0.25) is 4.79 Å². The molecule has 0 radical (unpaired) electrons. The van der Waals surface area contributed by atoms with Crippen LogP contribution in [0.4, 0.5) is 0 Å². The Kier molecular flexibility index (Phi) is 7.20. The van der Waals surface area contributed by atoms with Crippen molar-refractivity contribution in [2.75, 3.05) is 27.7 Å². The van der Waals surface area contributed by atoms with Crippen molar-refractivity contribution >= 4 is 5.91 Å². The highest BCUT2D eigenvalue weighted by molar-refractivity contribution is 5.82. The number of hydrogen-bond acceptors (Lipinski definition) is 3. The summed E-state index contributed by atoms with van der Waals surface area (Å²) in [6, 6.07) is -0.845. The van der Waals surface area contributed by atoms with Crippen molar-refractivity contribution in [2.45, 2.75) is 32.0 Å². The van der Waals surface area contributed by atoms with Crippen LogP contribution < -0.4 is 23.5 Å². The van der Waals surface area contributed by atoms with Crippen molar-refractivity contribution < 1.29 is 26.8 Å². The number of halogens is 1. The topological polar surface area (TPSA) is 75.4 Å². The molecule has 98 valence electrons. The predicted octanol–water partition coefficient (Wildman–Crippen LogP) is -3.74. The number of carbonyl (C=O) groups is 1. The Labute approximate surface area is 104 Å². The molecule has 0 aromatic heterocycles. The molecule has 1 unspecified atom stereocenters. The summed E-state index contributed by atoms with van der Waals surface area (Å²) in [5, 5.41) is 11.7. The van der Waals surface area contributed by atoms with Crippen LogP contribution in [0.25, 0.3) is 0 Å². The highest BCUT2D eigenvalue weighted by Gasteiger charge is 2.38. The molecule has 0 aliphatic carbocycles. The van der Waals surface area contributed by atoms with Gasteiger partial charge < -0.3 is 33.0 Å². The van der Waals surface area contributed by atoms with E-state index in [1.54, 1.807) is 0 Å². The van der Waals surface area contributed by atoms with E-state index in [-0.39, 0.29) is 30.6 Å². The highest BCUT2D eigenvalue weighted by atomic mass is 35.5. The minimum absolute atomic E-state index is 0. The molecule has 0 fully saturated rings. The van der Waals surface area contributed by atoms with Crippen LogP contribution in [0.15, 0.2) is 0 Å². The normalized spacial score (nSPS) is 16.9. The summed E-state index contributed by atoms with van der Waals surface area (Å²) >= 11 is 0. The van der Waals surface area contributed by atoms with E-state index >= 15 is 0 Å². The monoisotopic (exact) mass is 253 g/mol. The summed E-state index contributed by atoms with van der Waals surface area (Å²) in [4.78, 5) is 11.6. The third-order valence-electron chi connectivity index (χ3n) is 3.09. The number of nitrogens with one attached hydrogen (secondary N) is 1. The molecule has 5 nitrogen and oxygen atoms in total. The maximum Gasteiger partial charge on any atom is 0.243 e. The fourth-order valence-electron chi connectivity index (χ4n) is 1.17. The molecule has 0 aromatic rings. The van der Waals surface area contributed by atoms with Gasteiger partial charge in [-0.1, -0.05) is 6.92 Å². The molecule has 0 saturated heterocycles. The van der Waals surface area contributed by atoms with Crippen LogP contribution in [0.5, 0.6) is 0 Å². The van der Waals surface area contributed by atoms with E-state index in [0.717, 1.165) is 6.42 Å². The van der Waals surface area contributed by atoms with Gasteiger partial charge in [-0.15, -0.1) is 0 Å². The molecule has 0 rings (SSSR count). The zero-order valence-electron chi connectivity index (χ0n) is 10.7. The Morgan fingerprint density at radius 2 is 1.94 bits per heavy atom. The van der Waals surface area contributed by atoms with Gasteiger partial charge in [0, 0.05) is 13.3 Å². The lowest BCUT2D eigenvalue weighted by Gasteiger charge is -2.44. The van der Waals surface area contributed by atoms with E-state index in [9.17, 15) is 4.79 Å². The molecule has 2 atom stereocenters. The zero-order valence-corrected chi connectivity index (χ0v) is 11.5. The number of aliphatic hydroxyl groups excluding tert-OH is 1. The number of rotatable bonds is 5. The van der Waals surface area contributed by atoms with Crippen molar-refractivity contribution in [3.8, 4) is 0 Å². The number of amides is 1. The standard InChI is InChI=1S/C10H23N3O2.ClH/c1-6-10(2,13(3,4)5)12-9(15)8(11)7-14;/h8,14H,6-7,11H2,1-5H3;1H/t8-,10?;/m0./s1. The Morgan fingerprint density at radius 3 is 2.19 bits per heavy atom. The third-order valence-corrected chi connectivity index (χ3v) is 3.09. The molecule has 4 N–H and O–H groups in total. The number of quaternary nitrogens is 1. The Balaban J connectivity index is 0. The molecular weight excluding hydrogens is 230 g/mol. The molecule has 16 heavy (non-hydrogen) atoms. The van der Waals surface area contributed by atoms with E-state index in [4.69, 9.17) is 10.8 Å². The summed E-state index contributed by atoms with van der Waals surface area (Å²) in [6.07, 6.45) is 0.792. The molecule has 0 saturated carbocycles. The van der Waals surface area contributed by atoms with Gasteiger partial charge in [-0.05, 0) is 0 Å². The van der Waals surface area contributed by atoms with Gasteiger partial charge >= 0.3 is 0 Å². The Hall–Kier alpha value is -0.360. The van der Waals surface area contributed by atoms with Crippen LogP contribution in [0, 0.1) is 0 Å². The second-order valence-corrected chi connectivity index (χ2v) is 4.92. The second kappa shape index (κ2) is 6.39. The van der Waals surface area contributed by atoms with Gasteiger partial charge in [0.15, 0.2) is 5.66 Å². The quantitative estimate of drug-likeness (QED) is 0.348. The fraction of sp³-hybridized carbons (Fsp3) is 0.900. The van der Waals surface area contributed by atoms with Gasteiger partial charge in [-0.25, -0.2) is 0 Å². The number of carbonyl (C=O) groups excluding carboxylic acids is 1. The molecule has 0 spiro atoms. The van der Waals surface area contributed by atoms with E-state index in [1.165, 1.54) is 0 Å². The summed E-state index contributed by atoms with van der Waals surface area (Å²) in [7, 11) is 6.02. The van der Waals surface area contributed by atoms with Crippen molar-refractivity contribution in [3.05, 3.63) is 0 Å². The molecular formula is C10H24ClN3O2. The number of nitrogens with zero attached hydrogens (tertiary/aromatic N) is 1. The summed E-state index contributed by atoms with van der Waals surface area (Å²) in [6.45, 7) is 3.64. The average molecular weight is 254 g/mol. The lowest BCUT2D eigenvalue weighted by atomic mass is 10.1. The maximum atomic E-state index is 11.6. The van der Waals surface area contributed by atoms with Crippen molar-refractivity contribution in [3.63, 3.8) is 0 Å². The minimum atomic E-state index is -0.845. The van der Waals surface area contributed by atoms with E-state index in [1.807, 2.05) is 35.0 Å². The van der Waals surface area contributed by atoms with Gasteiger partial charge in [0.2, 0.25) is 5.91 Å². The minimum Gasteiger partial charge on any atom is -1.00 e. The Morgan fingerprint density at radius 1 is 1.50 bits per heavy atom. The molecule has 6 heteroatoms. The summed E-state index contributed by atoms with van der Waals surface area (Å²) in [5.74, 6) is -0.310. The van der Waals surface area contributed by atoms with Gasteiger partial charge in [0.1, 0.15) is 6.04 Å². The largest absolute Gasteiger partial charge is 1.00 e. The second-order valence-electron chi connectivity index (χ2n) is 4.92. The molecule has 0 heterocycles. The number of hydrogen-bond donors (Lipinski definition) is 3. The predicted molar refractivity (Wildman–Crippen MR) is 59.9 cm³/mol. The van der Waals surface area contributed by atoms with E-state index in [2.05, 4.69) is 5.32 Å². The molecule has 0 aliphatic rings. The first-order valence-corrected chi connectivity index (χ1v) is 5.18. The van der Waals surface area contributed by atoms with Crippen LogP contribution >= 0.6 is 0 Å². The smallest absolute Gasteiger partial charge is 0.243 e. The van der Waals surface area contributed by atoms with Crippen LogP contribution in [0.1, 0.15) is 20.3 Å². The van der Waals surface area contributed by atoms with Crippen molar-refractivity contribution in [2.24, 2.45) is 5.73 Å². The van der Waals surface area contributed by atoms with Crippen molar-refractivity contribution in [1.29, 1.82) is 0 Å². The van der Waals surface area contributed by atoms with Crippen LogP contribution in [0.2, 0.25) is 0 Å². The first kappa shape index (κ1) is 18.0. The van der Waals surface area contributed by atoms with Gasteiger partial charge in [0.05, 0.1) is 27.7 Å². The lowest BCUT2D eigenvalue weighted by molar-refractivity contribution is -0.924. The van der Waals surface area contributed by atoms with Crippen LogP contribution in [-0.2, 0) is 4.79 Å². The molecule has 1 amide bonds. The molecule has 0 aliphatic heterocycles.